The molecule has 0 aromatic heterocycles. The Morgan fingerprint density at radius 1 is 1.00 bits per heavy atom. The number of esters is 1. The molecule has 0 heterocycles. The molecule has 0 saturated heterocycles. The van der Waals surface area contributed by atoms with E-state index in [9.17, 15) is 26.7 Å². The summed E-state index contributed by atoms with van der Waals surface area (Å²) in [7, 11) is -5.20. The Kier molecular flexibility index (Phi) is 10.3. The summed E-state index contributed by atoms with van der Waals surface area (Å²) in [6.45, 7) is 10.5. The van der Waals surface area contributed by atoms with E-state index >= 15 is 0 Å². The van der Waals surface area contributed by atoms with Crippen molar-refractivity contribution in [2.45, 2.75) is 78.0 Å². The molecule has 1 rings (SSSR count). The second kappa shape index (κ2) is 12.0. The molecule has 1 aromatic rings. The quantitative estimate of drug-likeness (QED) is 0.281. The van der Waals surface area contributed by atoms with Gasteiger partial charge in [0.25, 0.3) is 5.91 Å². The van der Waals surface area contributed by atoms with E-state index in [4.69, 9.17) is 9.47 Å². The fraction of sp³-hybridized carbons (Fsp3) is 0.591. The van der Waals surface area contributed by atoms with E-state index in [0.717, 1.165) is 6.07 Å². The Morgan fingerprint density at radius 3 is 2.18 bits per heavy atom. The number of ether oxygens (including phenoxy) is 2. The molecule has 12 heteroatoms. The highest BCUT2D eigenvalue weighted by Crippen LogP contribution is 2.16. The van der Waals surface area contributed by atoms with Gasteiger partial charge in [0.15, 0.2) is 0 Å². The van der Waals surface area contributed by atoms with Gasteiger partial charge in [-0.25, -0.2) is 9.59 Å². The Bertz CT molecular complexity index is 968. The molecule has 0 bridgehead atoms. The third kappa shape index (κ3) is 13.0. The third-order valence-electron chi connectivity index (χ3n) is 3.88. The van der Waals surface area contributed by atoms with Gasteiger partial charge >= 0.3 is 22.6 Å². The Morgan fingerprint density at radius 2 is 1.62 bits per heavy atom. The summed E-state index contributed by atoms with van der Waals surface area (Å²) < 4.78 is 48.5. The van der Waals surface area contributed by atoms with Crippen LogP contribution in [0, 0.1) is 0 Å². The minimum atomic E-state index is -5.20. The first-order valence-electron chi connectivity index (χ1n) is 10.7. The van der Waals surface area contributed by atoms with Gasteiger partial charge < -0.3 is 24.3 Å². The van der Waals surface area contributed by atoms with E-state index in [1.165, 1.54) is 18.2 Å². The molecule has 1 atom stereocenters. The highest BCUT2D eigenvalue weighted by molar-refractivity contribution is 7.81. The maximum atomic E-state index is 12.7. The average Bonchev–Trinajstić information content (AvgIpc) is 2.62. The maximum Gasteiger partial charge on any atom is 0.488 e. The molecule has 0 saturated carbocycles. The molecule has 1 aromatic carbocycles. The van der Waals surface area contributed by atoms with Crippen molar-refractivity contribution in [3.05, 3.63) is 29.8 Å². The lowest BCUT2D eigenvalue weighted by atomic mass is 10.1. The summed E-state index contributed by atoms with van der Waals surface area (Å²) in [5.74, 6) is -1.44. The van der Waals surface area contributed by atoms with Crippen LogP contribution in [-0.2, 0) is 24.8 Å². The molecule has 0 aliphatic heterocycles. The molecule has 0 aliphatic rings. The first-order valence-corrected chi connectivity index (χ1v) is 12.0. The predicted molar refractivity (Wildman–Crippen MR) is 122 cm³/mol. The lowest BCUT2D eigenvalue weighted by Crippen LogP contribution is -2.46. The molecule has 10 nitrogen and oxygen atoms in total. The third-order valence-corrected chi connectivity index (χ3v) is 4.27. The molecular weight excluding hydrogens is 471 g/mol. The van der Waals surface area contributed by atoms with Gasteiger partial charge in [0.1, 0.15) is 23.0 Å². The van der Waals surface area contributed by atoms with Crippen LogP contribution in [-0.4, -0.2) is 50.2 Å². The van der Waals surface area contributed by atoms with Crippen LogP contribution < -0.4 is 14.8 Å². The number of benzene rings is 1. The van der Waals surface area contributed by atoms with Crippen LogP contribution >= 0.6 is 0 Å². The van der Waals surface area contributed by atoms with Crippen molar-refractivity contribution in [2.75, 3.05) is 6.54 Å². The molecule has 0 radical (unpaired) electrons. The summed E-state index contributed by atoms with van der Waals surface area (Å²) in [5.41, 5.74) is -1.39. The summed E-state index contributed by atoms with van der Waals surface area (Å²) in [6.07, 6.45) is 0.440. The number of carbonyl (C=O) groups is 3. The van der Waals surface area contributed by atoms with Crippen LogP contribution in [0.15, 0.2) is 24.3 Å². The molecule has 192 valence electrons. The van der Waals surface area contributed by atoms with Crippen LogP contribution in [0.3, 0.4) is 0 Å². The second-order valence-corrected chi connectivity index (χ2v) is 10.4. The first-order chi connectivity index (χ1) is 15.5. The first kappa shape index (κ1) is 29.1. The number of hydrogen-bond acceptors (Lipinski definition) is 8. The summed E-state index contributed by atoms with van der Waals surface area (Å²) in [5, 5.41) is 5.17. The number of unbranched alkanes of at least 4 members (excludes halogenated alkanes) is 1. The lowest BCUT2D eigenvalue weighted by Gasteiger charge is -2.26. The standard InChI is InChI=1S/C22H33FN2O8S/c1-21(2,3)31-19(27)17(25-20(28)32-22(4,5)6)12-7-8-13-24-18(26)15-10-9-11-16(14-15)33-34(23,29)30/h9-11,14,17H,7-8,12-13H2,1-6H3,(H,24,26)(H,25,28)/t17-/m0/s1. The van der Waals surface area contributed by atoms with Crippen molar-refractivity contribution in [1.29, 1.82) is 0 Å². The lowest BCUT2D eigenvalue weighted by molar-refractivity contribution is -0.157. The van der Waals surface area contributed by atoms with E-state index in [2.05, 4.69) is 14.8 Å². The van der Waals surface area contributed by atoms with Crippen molar-refractivity contribution in [1.82, 2.24) is 10.6 Å². The molecule has 0 spiro atoms. The average molecular weight is 505 g/mol. The minimum Gasteiger partial charge on any atom is -0.458 e. The summed E-state index contributed by atoms with van der Waals surface area (Å²) in [4.78, 5) is 36.9. The monoisotopic (exact) mass is 504 g/mol. The van der Waals surface area contributed by atoms with Gasteiger partial charge in [0.05, 0.1) is 0 Å². The molecule has 2 N–H and O–H groups in total. The highest BCUT2D eigenvalue weighted by atomic mass is 32.3. The largest absolute Gasteiger partial charge is 0.488 e. The number of alkyl carbamates (subject to hydrolysis) is 1. The fourth-order valence-corrected chi connectivity index (χ4v) is 2.99. The molecule has 0 unspecified atom stereocenters. The van der Waals surface area contributed by atoms with Crippen molar-refractivity contribution < 1.29 is 40.3 Å². The number of carbonyl (C=O) groups excluding carboxylic acids is 3. The van der Waals surface area contributed by atoms with Gasteiger partial charge in [-0.05, 0) is 79.0 Å². The zero-order valence-electron chi connectivity index (χ0n) is 20.3. The molecular formula is C22H33FN2O8S. The molecule has 2 amide bonds. The normalized spacial score (nSPS) is 12.9. The number of rotatable bonds is 10. The van der Waals surface area contributed by atoms with Crippen molar-refractivity contribution in [3.8, 4) is 5.75 Å². The molecule has 0 fully saturated rings. The van der Waals surface area contributed by atoms with Gasteiger partial charge in [-0.3, -0.25) is 4.79 Å². The summed E-state index contributed by atoms with van der Waals surface area (Å²) in [6, 6.07) is 4.12. The van der Waals surface area contributed by atoms with Crippen molar-refractivity contribution in [3.63, 3.8) is 0 Å². The predicted octanol–water partition coefficient (Wildman–Crippen LogP) is 3.41. The van der Waals surface area contributed by atoms with Crippen LogP contribution in [0.25, 0.3) is 0 Å². The van der Waals surface area contributed by atoms with Gasteiger partial charge in [0, 0.05) is 12.1 Å². The highest BCUT2D eigenvalue weighted by Gasteiger charge is 2.28. The number of amides is 2. The van der Waals surface area contributed by atoms with Gasteiger partial charge in [-0.1, -0.05) is 9.95 Å². The Hall–Kier alpha value is -2.89. The van der Waals surface area contributed by atoms with Crippen LogP contribution in [0.4, 0.5) is 8.68 Å². The van der Waals surface area contributed by atoms with Crippen molar-refractivity contribution in [2.24, 2.45) is 0 Å². The van der Waals surface area contributed by atoms with Crippen LogP contribution in [0.5, 0.6) is 5.75 Å². The Balaban J connectivity index is 2.61. The van der Waals surface area contributed by atoms with Crippen molar-refractivity contribution >= 4 is 28.5 Å². The maximum absolute atomic E-state index is 12.7. The van der Waals surface area contributed by atoms with Crippen LogP contribution in [0.1, 0.15) is 71.2 Å². The summed E-state index contributed by atoms with van der Waals surface area (Å²) >= 11 is 0. The smallest absolute Gasteiger partial charge is 0.458 e. The number of hydrogen-bond donors (Lipinski definition) is 2. The Labute approximate surface area is 199 Å². The zero-order chi connectivity index (χ0) is 26.2. The van der Waals surface area contributed by atoms with E-state index in [0.29, 0.717) is 12.8 Å². The molecule has 34 heavy (non-hydrogen) atoms. The van der Waals surface area contributed by atoms with Gasteiger partial charge in [0.2, 0.25) is 0 Å². The second-order valence-electron chi connectivity index (χ2n) is 9.49. The van der Waals surface area contributed by atoms with Gasteiger partial charge in [-0.15, -0.1) is 0 Å². The molecule has 0 aliphatic carbocycles. The van der Waals surface area contributed by atoms with E-state index in [1.54, 1.807) is 41.5 Å². The van der Waals surface area contributed by atoms with Gasteiger partial charge in [-0.2, -0.15) is 8.42 Å². The topological polar surface area (TPSA) is 137 Å². The van der Waals surface area contributed by atoms with E-state index < -0.39 is 45.7 Å². The van der Waals surface area contributed by atoms with E-state index in [1.807, 2.05) is 0 Å². The fourth-order valence-electron chi connectivity index (χ4n) is 2.65. The SMILES string of the molecule is CC(C)(C)OC(=O)N[C@@H](CCCCNC(=O)c1cccc(OS(=O)(=O)F)c1)C(=O)OC(C)(C)C. The number of nitrogens with one attached hydrogen (secondary N) is 2. The van der Waals surface area contributed by atoms with Crippen LogP contribution in [0.2, 0.25) is 0 Å². The number of halogens is 1. The van der Waals surface area contributed by atoms with E-state index in [-0.39, 0.29) is 24.3 Å². The zero-order valence-corrected chi connectivity index (χ0v) is 21.1. The minimum absolute atomic E-state index is 0.0828.